The summed E-state index contributed by atoms with van der Waals surface area (Å²) >= 11 is 0. The summed E-state index contributed by atoms with van der Waals surface area (Å²) in [6.45, 7) is 5.40. The number of para-hydroxylation sites is 2. The molecule has 5 nitrogen and oxygen atoms in total. The van der Waals surface area contributed by atoms with E-state index in [4.69, 9.17) is 0 Å². The molecule has 0 aromatic heterocycles. The van der Waals surface area contributed by atoms with Gasteiger partial charge >= 0.3 is 5.97 Å². The molecule has 0 aliphatic carbocycles. The van der Waals surface area contributed by atoms with Gasteiger partial charge in [0.2, 0.25) is 0 Å². The molecule has 102 valence electrons. The van der Waals surface area contributed by atoms with Crippen LogP contribution in [0.4, 0.5) is 11.4 Å². The number of fused-ring (bicyclic) bond motifs is 1. The monoisotopic (exact) mass is 262 g/mol. The number of carbonyl (C=O) groups excluding carboxylic acids is 1. The van der Waals surface area contributed by atoms with E-state index in [1.807, 2.05) is 26.0 Å². The van der Waals surface area contributed by atoms with E-state index in [0.717, 1.165) is 5.69 Å². The molecule has 0 bridgehead atoms. The molecule has 19 heavy (non-hydrogen) atoms. The zero-order valence-electron chi connectivity index (χ0n) is 11.3. The molecule has 1 amide bonds. The molecular weight excluding hydrogens is 244 g/mol. The number of benzene rings is 1. The quantitative estimate of drug-likeness (QED) is 0.873. The maximum absolute atomic E-state index is 12.5. The van der Waals surface area contributed by atoms with Gasteiger partial charge in [-0.15, -0.1) is 0 Å². The van der Waals surface area contributed by atoms with Gasteiger partial charge in [0.15, 0.2) is 0 Å². The zero-order chi connectivity index (χ0) is 14.2. The van der Waals surface area contributed by atoms with Crippen LogP contribution >= 0.6 is 0 Å². The number of aliphatic carboxylic acids is 1. The topological polar surface area (TPSA) is 69.6 Å². The molecule has 0 spiro atoms. The Labute approximate surface area is 112 Å². The summed E-state index contributed by atoms with van der Waals surface area (Å²) in [6, 6.07) is 6.01. The summed E-state index contributed by atoms with van der Waals surface area (Å²) in [6.07, 6.45) is 0. The second-order valence-corrected chi connectivity index (χ2v) is 5.11. The molecule has 0 saturated heterocycles. The van der Waals surface area contributed by atoms with Crippen LogP contribution in [0.2, 0.25) is 0 Å². The molecule has 5 heteroatoms. The highest BCUT2D eigenvalue weighted by Gasteiger charge is 2.38. The van der Waals surface area contributed by atoms with Crippen LogP contribution in [0.1, 0.15) is 20.8 Å². The van der Waals surface area contributed by atoms with Crippen LogP contribution in [0.25, 0.3) is 0 Å². The number of rotatable bonds is 3. The molecule has 1 aliphatic rings. The minimum Gasteiger partial charge on any atom is -0.480 e. The minimum atomic E-state index is -1.01. The van der Waals surface area contributed by atoms with E-state index >= 15 is 0 Å². The van der Waals surface area contributed by atoms with Crippen molar-refractivity contribution in [1.29, 1.82) is 0 Å². The van der Waals surface area contributed by atoms with E-state index in [9.17, 15) is 14.7 Å². The molecule has 1 heterocycles. The first-order valence-electron chi connectivity index (χ1n) is 6.35. The van der Waals surface area contributed by atoms with Crippen LogP contribution in [-0.2, 0) is 9.59 Å². The lowest BCUT2D eigenvalue weighted by atomic mass is 9.97. The average Bonchev–Trinajstić information content (AvgIpc) is 2.37. The lowest BCUT2D eigenvalue weighted by Gasteiger charge is -2.38. The predicted molar refractivity (Wildman–Crippen MR) is 73.3 cm³/mol. The molecule has 0 radical (unpaired) electrons. The Bertz CT molecular complexity index is 513. The number of nitrogens with one attached hydrogen (secondary N) is 1. The van der Waals surface area contributed by atoms with Gasteiger partial charge in [-0.1, -0.05) is 26.0 Å². The number of carboxylic acid groups (broad SMARTS) is 1. The first-order chi connectivity index (χ1) is 8.93. The van der Waals surface area contributed by atoms with Crippen LogP contribution < -0.4 is 10.2 Å². The highest BCUT2D eigenvalue weighted by Crippen LogP contribution is 2.34. The van der Waals surface area contributed by atoms with Crippen molar-refractivity contribution in [3.05, 3.63) is 24.3 Å². The number of hydrogen-bond acceptors (Lipinski definition) is 3. The third kappa shape index (κ3) is 2.28. The minimum absolute atomic E-state index is 0.0874. The average molecular weight is 262 g/mol. The van der Waals surface area contributed by atoms with Gasteiger partial charge < -0.3 is 10.4 Å². The van der Waals surface area contributed by atoms with E-state index in [0.29, 0.717) is 5.69 Å². The number of nitrogens with zero attached hydrogens (tertiary/aromatic N) is 1. The fraction of sp³-hybridized carbons (Fsp3) is 0.429. The van der Waals surface area contributed by atoms with E-state index < -0.39 is 18.1 Å². The van der Waals surface area contributed by atoms with Crippen molar-refractivity contribution in [2.75, 3.05) is 10.2 Å². The van der Waals surface area contributed by atoms with Crippen LogP contribution in [0.15, 0.2) is 24.3 Å². The molecule has 2 atom stereocenters. The fourth-order valence-electron chi connectivity index (χ4n) is 2.27. The van der Waals surface area contributed by atoms with E-state index in [1.54, 1.807) is 12.1 Å². The Kier molecular flexibility index (Phi) is 3.46. The highest BCUT2D eigenvalue weighted by molar-refractivity contribution is 6.08. The number of amides is 1. The van der Waals surface area contributed by atoms with Crippen molar-refractivity contribution >= 4 is 23.3 Å². The maximum atomic E-state index is 12.5. The molecule has 1 aromatic rings. The van der Waals surface area contributed by atoms with Gasteiger partial charge in [0.25, 0.3) is 5.91 Å². The standard InChI is InChI=1S/C14H18N2O3/c1-8(2)12-13(17)16(9(3)14(18)19)11-7-5-4-6-10(11)15-12/h4-9,12,15H,1-3H3,(H,18,19). The molecule has 0 fully saturated rings. The second-order valence-electron chi connectivity index (χ2n) is 5.11. The summed E-state index contributed by atoms with van der Waals surface area (Å²) in [7, 11) is 0. The Morgan fingerprint density at radius 3 is 2.53 bits per heavy atom. The predicted octanol–water partition coefficient (Wildman–Crippen LogP) is 1.94. The molecule has 1 aliphatic heterocycles. The first kappa shape index (κ1) is 13.4. The first-order valence-corrected chi connectivity index (χ1v) is 6.35. The summed E-state index contributed by atoms with van der Waals surface area (Å²) < 4.78 is 0. The van der Waals surface area contributed by atoms with E-state index in [2.05, 4.69) is 5.32 Å². The molecular formula is C14H18N2O3. The Morgan fingerprint density at radius 2 is 1.95 bits per heavy atom. The van der Waals surface area contributed by atoms with Crippen LogP contribution in [0.3, 0.4) is 0 Å². The summed E-state index contributed by atoms with van der Waals surface area (Å²) in [4.78, 5) is 25.1. The van der Waals surface area contributed by atoms with Crippen molar-refractivity contribution in [3.63, 3.8) is 0 Å². The molecule has 0 saturated carbocycles. The SMILES string of the molecule is CC(C)C1Nc2ccccc2N(C(C)C(=O)O)C1=O. The third-order valence-electron chi connectivity index (χ3n) is 3.39. The number of carboxylic acids is 1. The smallest absolute Gasteiger partial charge is 0.326 e. The van der Waals surface area contributed by atoms with Crippen molar-refractivity contribution < 1.29 is 14.7 Å². The Morgan fingerprint density at radius 1 is 1.32 bits per heavy atom. The van der Waals surface area contributed by atoms with Crippen LogP contribution in [0.5, 0.6) is 0 Å². The number of carbonyl (C=O) groups is 2. The number of hydrogen-bond donors (Lipinski definition) is 2. The largest absolute Gasteiger partial charge is 0.480 e. The summed E-state index contributed by atoms with van der Waals surface area (Å²) in [5.74, 6) is -1.11. The van der Waals surface area contributed by atoms with Crippen molar-refractivity contribution in [1.82, 2.24) is 0 Å². The molecule has 1 aromatic carbocycles. The summed E-state index contributed by atoms with van der Waals surface area (Å²) in [5.41, 5.74) is 1.42. The molecule has 2 rings (SSSR count). The van der Waals surface area contributed by atoms with Gasteiger partial charge in [0, 0.05) is 0 Å². The van der Waals surface area contributed by atoms with Gasteiger partial charge in [0.1, 0.15) is 12.1 Å². The Hall–Kier alpha value is -2.04. The Balaban J connectivity index is 2.49. The van der Waals surface area contributed by atoms with Gasteiger partial charge in [-0.25, -0.2) is 4.79 Å². The van der Waals surface area contributed by atoms with Crippen molar-refractivity contribution in [2.45, 2.75) is 32.9 Å². The van der Waals surface area contributed by atoms with Gasteiger partial charge in [-0.2, -0.15) is 0 Å². The van der Waals surface area contributed by atoms with Gasteiger partial charge in [0.05, 0.1) is 11.4 Å². The fourth-order valence-corrected chi connectivity index (χ4v) is 2.27. The van der Waals surface area contributed by atoms with Crippen molar-refractivity contribution in [2.24, 2.45) is 5.92 Å². The van der Waals surface area contributed by atoms with Gasteiger partial charge in [-0.05, 0) is 25.0 Å². The number of anilines is 2. The lowest BCUT2D eigenvalue weighted by molar-refractivity contribution is -0.139. The zero-order valence-corrected chi connectivity index (χ0v) is 11.3. The maximum Gasteiger partial charge on any atom is 0.326 e. The van der Waals surface area contributed by atoms with E-state index in [-0.39, 0.29) is 11.8 Å². The second kappa shape index (κ2) is 4.91. The molecule has 2 N–H and O–H groups in total. The lowest BCUT2D eigenvalue weighted by Crippen LogP contribution is -2.54. The van der Waals surface area contributed by atoms with Crippen molar-refractivity contribution in [3.8, 4) is 0 Å². The highest BCUT2D eigenvalue weighted by atomic mass is 16.4. The molecule has 2 unspecified atom stereocenters. The van der Waals surface area contributed by atoms with E-state index in [1.165, 1.54) is 11.8 Å². The van der Waals surface area contributed by atoms with Crippen LogP contribution in [-0.4, -0.2) is 29.1 Å². The third-order valence-corrected chi connectivity index (χ3v) is 3.39. The van der Waals surface area contributed by atoms with Crippen LogP contribution in [0, 0.1) is 5.92 Å². The van der Waals surface area contributed by atoms with Gasteiger partial charge in [-0.3, -0.25) is 9.69 Å². The normalized spacial score (nSPS) is 19.9. The summed E-state index contributed by atoms with van der Waals surface area (Å²) in [5, 5.41) is 12.4.